The van der Waals surface area contributed by atoms with Crippen LogP contribution in [-0.2, 0) is 0 Å². The Morgan fingerprint density at radius 2 is 2.37 bits per heavy atom. The van der Waals surface area contributed by atoms with Gasteiger partial charge in [0.25, 0.3) is 0 Å². The van der Waals surface area contributed by atoms with Crippen molar-refractivity contribution in [3.63, 3.8) is 0 Å². The number of nitrogens with zero attached hydrogens (tertiary/aromatic N) is 3. The molecule has 0 aromatic carbocycles. The van der Waals surface area contributed by atoms with Gasteiger partial charge in [-0.05, 0) is 18.9 Å². The molecular weight excluding hydrogens is 381 g/mol. The van der Waals surface area contributed by atoms with Gasteiger partial charge in [0.05, 0.1) is 16.9 Å². The lowest BCUT2D eigenvalue weighted by molar-refractivity contribution is -0.386. The first-order chi connectivity index (χ1) is 9.10. The third kappa shape index (κ3) is 2.64. The highest BCUT2D eigenvalue weighted by Gasteiger charge is 2.23. The van der Waals surface area contributed by atoms with Gasteiger partial charge in [0.15, 0.2) is 5.65 Å². The van der Waals surface area contributed by atoms with Crippen LogP contribution >= 0.6 is 30.3 Å². The molecule has 0 aliphatic carbocycles. The van der Waals surface area contributed by atoms with Crippen LogP contribution in [0.25, 0.3) is 11.0 Å². The summed E-state index contributed by atoms with van der Waals surface area (Å²) in [5, 5.41) is 11.8. The molecule has 2 heterocycles. The standard InChI is InChI=1S/C11H12IN3O3S/c1-3-4-18-10-8(15(16)17)5-13-11-9(10)7(2)6-14(11)19-12/h5-6H,3-4H2,1-2H3. The van der Waals surface area contributed by atoms with E-state index in [0.29, 0.717) is 23.4 Å². The van der Waals surface area contributed by atoms with Crippen molar-refractivity contribution in [1.82, 2.24) is 8.96 Å². The zero-order chi connectivity index (χ0) is 14.0. The third-order valence-electron chi connectivity index (χ3n) is 2.63. The summed E-state index contributed by atoms with van der Waals surface area (Å²) in [6.07, 6.45) is 3.95. The van der Waals surface area contributed by atoms with Gasteiger partial charge in [-0.1, -0.05) is 6.92 Å². The highest BCUT2D eigenvalue weighted by atomic mass is 127. The Morgan fingerprint density at radius 1 is 1.63 bits per heavy atom. The molecule has 0 saturated heterocycles. The predicted octanol–water partition coefficient (Wildman–Crippen LogP) is 3.89. The first-order valence-electron chi connectivity index (χ1n) is 5.67. The molecule has 19 heavy (non-hydrogen) atoms. The fourth-order valence-electron chi connectivity index (χ4n) is 1.83. The summed E-state index contributed by atoms with van der Waals surface area (Å²) < 4.78 is 7.46. The number of halogens is 1. The van der Waals surface area contributed by atoms with Gasteiger partial charge in [0.1, 0.15) is 6.20 Å². The quantitative estimate of drug-likeness (QED) is 0.438. The van der Waals surface area contributed by atoms with Gasteiger partial charge in [0, 0.05) is 36.5 Å². The molecule has 2 rings (SSSR count). The Morgan fingerprint density at radius 3 is 2.95 bits per heavy atom. The molecular formula is C11H12IN3O3S. The van der Waals surface area contributed by atoms with E-state index in [0.717, 1.165) is 12.0 Å². The lowest BCUT2D eigenvalue weighted by Crippen LogP contribution is -2.01. The maximum atomic E-state index is 11.1. The molecule has 8 heteroatoms. The summed E-state index contributed by atoms with van der Waals surface area (Å²) in [5.41, 5.74) is 1.52. The van der Waals surface area contributed by atoms with E-state index < -0.39 is 4.92 Å². The van der Waals surface area contributed by atoms with Crippen LogP contribution in [0.5, 0.6) is 5.75 Å². The molecule has 0 spiro atoms. The van der Waals surface area contributed by atoms with E-state index in [1.807, 2.05) is 24.0 Å². The summed E-state index contributed by atoms with van der Waals surface area (Å²) in [7, 11) is 1.46. The number of ether oxygens (including phenoxy) is 1. The molecule has 2 aromatic heterocycles. The van der Waals surface area contributed by atoms with E-state index >= 15 is 0 Å². The predicted molar refractivity (Wildman–Crippen MR) is 83.9 cm³/mol. The lowest BCUT2D eigenvalue weighted by Gasteiger charge is -2.07. The molecule has 0 atom stereocenters. The zero-order valence-corrected chi connectivity index (χ0v) is 13.4. The molecule has 102 valence electrons. The largest absolute Gasteiger partial charge is 0.486 e. The molecule has 0 aliphatic rings. The molecule has 0 N–H and O–H groups in total. The van der Waals surface area contributed by atoms with E-state index in [-0.39, 0.29) is 5.69 Å². The van der Waals surface area contributed by atoms with Gasteiger partial charge in [-0.15, -0.1) is 0 Å². The van der Waals surface area contributed by atoms with Gasteiger partial charge in [0.2, 0.25) is 5.75 Å². The lowest BCUT2D eigenvalue weighted by atomic mass is 10.2. The minimum absolute atomic E-state index is 0.0831. The van der Waals surface area contributed by atoms with Crippen molar-refractivity contribution in [2.24, 2.45) is 0 Å². The second kappa shape index (κ2) is 5.95. The van der Waals surface area contributed by atoms with Crippen molar-refractivity contribution in [3.8, 4) is 5.75 Å². The van der Waals surface area contributed by atoms with Crippen molar-refractivity contribution in [2.45, 2.75) is 20.3 Å². The van der Waals surface area contributed by atoms with Gasteiger partial charge >= 0.3 is 5.69 Å². The molecule has 0 unspecified atom stereocenters. The van der Waals surface area contributed by atoms with Crippen molar-refractivity contribution in [2.75, 3.05) is 6.61 Å². The fourth-order valence-corrected chi connectivity index (χ4v) is 3.13. The highest BCUT2D eigenvalue weighted by molar-refractivity contribution is 14.2. The number of pyridine rings is 1. The molecule has 0 radical (unpaired) electrons. The van der Waals surface area contributed by atoms with Crippen LogP contribution < -0.4 is 4.74 Å². The van der Waals surface area contributed by atoms with Crippen molar-refractivity contribution in [3.05, 3.63) is 28.1 Å². The van der Waals surface area contributed by atoms with E-state index in [1.165, 1.54) is 15.3 Å². The number of hydrogen-bond acceptors (Lipinski definition) is 5. The first-order valence-corrected chi connectivity index (χ1v) is 8.98. The summed E-state index contributed by atoms with van der Waals surface area (Å²) in [6, 6.07) is 0. The molecule has 0 bridgehead atoms. The molecule has 2 aromatic rings. The Balaban J connectivity index is 2.71. The van der Waals surface area contributed by atoms with E-state index in [2.05, 4.69) is 26.2 Å². The topological polar surface area (TPSA) is 70.2 Å². The maximum absolute atomic E-state index is 11.1. The summed E-state index contributed by atoms with van der Waals surface area (Å²) in [5.74, 6) is 0.318. The average Bonchev–Trinajstić information content (AvgIpc) is 2.72. The van der Waals surface area contributed by atoms with Crippen LogP contribution in [0.15, 0.2) is 12.4 Å². The molecule has 0 aliphatic heterocycles. The summed E-state index contributed by atoms with van der Waals surface area (Å²) in [4.78, 5) is 14.8. The number of fused-ring (bicyclic) bond motifs is 1. The van der Waals surface area contributed by atoms with Crippen LogP contribution in [0.2, 0.25) is 0 Å². The number of nitro groups is 1. The first kappa shape index (κ1) is 14.4. The Kier molecular flexibility index (Phi) is 4.50. The SMILES string of the molecule is CCCOc1c([N+](=O)[O-])cnc2c1c(C)cn2SI. The normalized spacial score (nSPS) is 10.9. The van der Waals surface area contributed by atoms with E-state index in [1.54, 1.807) is 0 Å². The zero-order valence-electron chi connectivity index (χ0n) is 10.4. The third-order valence-corrected chi connectivity index (χ3v) is 4.33. The second-order valence-corrected chi connectivity index (χ2v) is 5.70. The Labute approximate surface area is 126 Å². The monoisotopic (exact) mass is 393 g/mol. The van der Waals surface area contributed by atoms with Crippen molar-refractivity contribution < 1.29 is 9.66 Å². The summed E-state index contributed by atoms with van der Waals surface area (Å²) in [6.45, 7) is 4.31. The van der Waals surface area contributed by atoms with Crippen LogP contribution in [-0.4, -0.2) is 20.5 Å². The van der Waals surface area contributed by atoms with Crippen LogP contribution in [0.4, 0.5) is 5.69 Å². The van der Waals surface area contributed by atoms with Crippen LogP contribution in [0.1, 0.15) is 18.9 Å². The summed E-state index contributed by atoms with van der Waals surface area (Å²) >= 11 is 2.14. The number of rotatable bonds is 5. The highest BCUT2D eigenvalue weighted by Crippen LogP contribution is 2.38. The van der Waals surface area contributed by atoms with Crippen molar-refractivity contribution in [1.29, 1.82) is 0 Å². The van der Waals surface area contributed by atoms with Gasteiger partial charge in [-0.3, -0.25) is 14.1 Å². The fraction of sp³-hybridized carbons (Fsp3) is 0.364. The molecule has 0 fully saturated rings. The Bertz CT molecular complexity index is 629. The average molecular weight is 393 g/mol. The minimum Gasteiger partial charge on any atom is -0.486 e. The minimum atomic E-state index is -0.453. The van der Waals surface area contributed by atoms with E-state index in [4.69, 9.17) is 4.74 Å². The van der Waals surface area contributed by atoms with Gasteiger partial charge in [-0.25, -0.2) is 4.98 Å². The maximum Gasteiger partial charge on any atom is 0.329 e. The van der Waals surface area contributed by atoms with Crippen molar-refractivity contribution >= 4 is 47.0 Å². The Hall–Kier alpha value is -1.03. The number of hydrogen-bond donors (Lipinski definition) is 0. The van der Waals surface area contributed by atoms with Gasteiger partial charge in [-0.2, -0.15) is 0 Å². The number of aromatic nitrogens is 2. The van der Waals surface area contributed by atoms with Crippen LogP contribution in [0.3, 0.4) is 0 Å². The van der Waals surface area contributed by atoms with Crippen LogP contribution in [0, 0.1) is 17.0 Å². The number of aryl methyl sites for hydroxylation is 1. The second-order valence-electron chi connectivity index (χ2n) is 3.98. The van der Waals surface area contributed by atoms with E-state index in [9.17, 15) is 10.1 Å². The molecule has 6 nitrogen and oxygen atoms in total. The van der Waals surface area contributed by atoms with Gasteiger partial charge < -0.3 is 4.74 Å². The molecule has 0 saturated carbocycles. The smallest absolute Gasteiger partial charge is 0.329 e. The molecule has 0 amide bonds.